The first-order valence-electron chi connectivity index (χ1n) is 5.96. The molecule has 1 aliphatic rings. The van der Waals surface area contributed by atoms with Crippen molar-refractivity contribution in [1.29, 1.82) is 0 Å². The summed E-state index contributed by atoms with van der Waals surface area (Å²) in [7, 11) is 1.58. The lowest BCUT2D eigenvalue weighted by molar-refractivity contribution is -0.129. The molecular formula is C13H16BrNO3. The number of amides is 1. The highest BCUT2D eigenvalue weighted by Gasteiger charge is 2.22. The van der Waals surface area contributed by atoms with Crippen LogP contribution < -0.4 is 10.1 Å². The molecule has 1 heterocycles. The van der Waals surface area contributed by atoms with E-state index >= 15 is 0 Å². The average Bonchev–Trinajstić information content (AvgIpc) is 2.40. The second-order valence-electron chi connectivity index (χ2n) is 4.19. The average molecular weight is 314 g/mol. The predicted molar refractivity (Wildman–Crippen MR) is 72.9 cm³/mol. The van der Waals surface area contributed by atoms with Crippen molar-refractivity contribution in [3.05, 3.63) is 22.7 Å². The highest BCUT2D eigenvalue weighted by molar-refractivity contribution is 9.10. The van der Waals surface area contributed by atoms with Gasteiger partial charge < -0.3 is 14.8 Å². The number of ether oxygens (including phenoxy) is 2. The van der Waals surface area contributed by atoms with Crippen LogP contribution in [0.3, 0.4) is 0 Å². The molecule has 0 aromatic heterocycles. The van der Waals surface area contributed by atoms with E-state index in [1.165, 1.54) is 0 Å². The van der Waals surface area contributed by atoms with E-state index in [9.17, 15) is 4.79 Å². The Morgan fingerprint density at radius 3 is 3.00 bits per heavy atom. The maximum Gasteiger partial charge on any atom is 0.253 e. The van der Waals surface area contributed by atoms with Gasteiger partial charge in [-0.15, -0.1) is 0 Å². The number of carbonyl (C=O) groups is 1. The third-order valence-corrected chi connectivity index (χ3v) is 3.38. The van der Waals surface area contributed by atoms with Crippen LogP contribution in [0.25, 0.3) is 0 Å². The number of hydrogen-bond acceptors (Lipinski definition) is 3. The summed E-state index contributed by atoms with van der Waals surface area (Å²) in [5.41, 5.74) is 0.658. The van der Waals surface area contributed by atoms with Crippen LogP contribution in [-0.4, -0.2) is 25.7 Å². The minimum atomic E-state index is -0.345. The summed E-state index contributed by atoms with van der Waals surface area (Å²) in [6, 6.07) is 5.49. The van der Waals surface area contributed by atoms with Crippen molar-refractivity contribution in [1.82, 2.24) is 0 Å². The first kappa shape index (κ1) is 13.4. The molecule has 1 unspecified atom stereocenters. The SMILES string of the molecule is COc1ccc(Br)cc1NC(=O)C1CCCCO1. The van der Waals surface area contributed by atoms with Crippen LogP contribution in [0.4, 0.5) is 5.69 Å². The van der Waals surface area contributed by atoms with E-state index in [1.807, 2.05) is 12.1 Å². The molecule has 1 saturated heterocycles. The summed E-state index contributed by atoms with van der Waals surface area (Å²) < 4.78 is 11.6. The number of hydrogen-bond donors (Lipinski definition) is 1. The lowest BCUT2D eigenvalue weighted by atomic mass is 10.1. The van der Waals surface area contributed by atoms with E-state index in [0.29, 0.717) is 18.0 Å². The molecule has 18 heavy (non-hydrogen) atoms. The summed E-state index contributed by atoms with van der Waals surface area (Å²) in [6.45, 7) is 0.660. The van der Waals surface area contributed by atoms with Crippen molar-refractivity contribution in [2.45, 2.75) is 25.4 Å². The molecule has 1 aromatic rings. The Hall–Kier alpha value is -1.07. The fourth-order valence-corrected chi connectivity index (χ4v) is 2.30. The molecule has 1 atom stereocenters. The Bertz CT molecular complexity index is 430. The van der Waals surface area contributed by atoms with Gasteiger partial charge in [0, 0.05) is 11.1 Å². The van der Waals surface area contributed by atoms with E-state index in [1.54, 1.807) is 13.2 Å². The summed E-state index contributed by atoms with van der Waals surface area (Å²) >= 11 is 3.37. The number of benzene rings is 1. The second kappa shape index (κ2) is 6.20. The molecule has 0 radical (unpaired) electrons. The smallest absolute Gasteiger partial charge is 0.253 e. The van der Waals surface area contributed by atoms with Gasteiger partial charge in [-0.2, -0.15) is 0 Å². The van der Waals surface area contributed by atoms with Crippen LogP contribution in [-0.2, 0) is 9.53 Å². The van der Waals surface area contributed by atoms with Crippen molar-refractivity contribution in [3.8, 4) is 5.75 Å². The molecule has 1 N–H and O–H groups in total. The van der Waals surface area contributed by atoms with E-state index < -0.39 is 0 Å². The third-order valence-electron chi connectivity index (χ3n) is 2.89. The number of carbonyl (C=O) groups excluding carboxylic acids is 1. The lowest BCUT2D eigenvalue weighted by Crippen LogP contribution is -2.33. The zero-order valence-corrected chi connectivity index (χ0v) is 11.8. The quantitative estimate of drug-likeness (QED) is 0.933. The molecule has 1 amide bonds. The zero-order chi connectivity index (χ0) is 13.0. The molecule has 5 heteroatoms. The van der Waals surface area contributed by atoms with Crippen LogP contribution in [0.5, 0.6) is 5.75 Å². The van der Waals surface area contributed by atoms with Gasteiger partial charge in [0.2, 0.25) is 0 Å². The van der Waals surface area contributed by atoms with Crippen LogP contribution in [0.1, 0.15) is 19.3 Å². The number of nitrogens with one attached hydrogen (secondary N) is 1. The van der Waals surface area contributed by atoms with Crippen LogP contribution >= 0.6 is 15.9 Å². The molecule has 1 fully saturated rings. The topological polar surface area (TPSA) is 47.6 Å². The molecule has 0 saturated carbocycles. The van der Waals surface area contributed by atoms with Crippen molar-refractivity contribution in [2.24, 2.45) is 0 Å². The number of halogens is 1. The van der Waals surface area contributed by atoms with E-state index in [2.05, 4.69) is 21.2 Å². The highest BCUT2D eigenvalue weighted by Crippen LogP contribution is 2.28. The first-order valence-corrected chi connectivity index (χ1v) is 6.76. The molecule has 0 spiro atoms. The number of anilines is 1. The minimum Gasteiger partial charge on any atom is -0.495 e. The van der Waals surface area contributed by atoms with E-state index in [-0.39, 0.29) is 12.0 Å². The minimum absolute atomic E-state index is 0.105. The van der Waals surface area contributed by atoms with Gasteiger partial charge in [0.1, 0.15) is 11.9 Å². The van der Waals surface area contributed by atoms with E-state index in [4.69, 9.17) is 9.47 Å². The monoisotopic (exact) mass is 313 g/mol. The Kier molecular flexibility index (Phi) is 4.60. The van der Waals surface area contributed by atoms with Crippen molar-refractivity contribution < 1.29 is 14.3 Å². The summed E-state index contributed by atoms with van der Waals surface area (Å²) in [6.07, 6.45) is 2.50. The fraction of sp³-hybridized carbons (Fsp3) is 0.462. The van der Waals surface area contributed by atoms with Gasteiger partial charge in [-0.05, 0) is 37.5 Å². The van der Waals surface area contributed by atoms with Crippen molar-refractivity contribution in [2.75, 3.05) is 19.0 Å². The molecule has 1 aromatic carbocycles. The van der Waals surface area contributed by atoms with Crippen LogP contribution in [0, 0.1) is 0 Å². The molecule has 2 rings (SSSR count). The van der Waals surface area contributed by atoms with Crippen molar-refractivity contribution in [3.63, 3.8) is 0 Å². The maximum atomic E-state index is 12.0. The Balaban J connectivity index is 2.07. The van der Waals surface area contributed by atoms with E-state index in [0.717, 1.165) is 23.7 Å². The largest absolute Gasteiger partial charge is 0.495 e. The third kappa shape index (κ3) is 3.23. The molecule has 0 bridgehead atoms. The predicted octanol–water partition coefficient (Wildman–Crippen LogP) is 2.97. The van der Waals surface area contributed by atoms with Crippen LogP contribution in [0.15, 0.2) is 22.7 Å². The van der Waals surface area contributed by atoms with Gasteiger partial charge in [0.15, 0.2) is 0 Å². The summed E-state index contributed by atoms with van der Waals surface area (Å²) in [4.78, 5) is 12.0. The highest BCUT2D eigenvalue weighted by atomic mass is 79.9. The molecular weight excluding hydrogens is 298 g/mol. The summed E-state index contributed by atoms with van der Waals surface area (Å²) in [5, 5.41) is 2.85. The Labute approximate surface area is 115 Å². The number of rotatable bonds is 3. The molecule has 4 nitrogen and oxygen atoms in total. The normalized spacial score (nSPS) is 19.3. The number of methoxy groups -OCH3 is 1. The molecule has 1 aliphatic heterocycles. The van der Waals surface area contributed by atoms with Gasteiger partial charge in [0.05, 0.1) is 12.8 Å². The van der Waals surface area contributed by atoms with Crippen LogP contribution in [0.2, 0.25) is 0 Å². The second-order valence-corrected chi connectivity index (χ2v) is 5.10. The first-order chi connectivity index (χ1) is 8.70. The molecule has 98 valence electrons. The Morgan fingerprint density at radius 1 is 1.50 bits per heavy atom. The van der Waals surface area contributed by atoms with Gasteiger partial charge in [-0.3, -0.25) is 4.79 Å². The van der Waals surface area contributed by atoms with Gasteiger partial charge in [-0.25, -0.2) is 0 Å². The Morgan fingerprint density at radius 2 is 2.33 bits per heavy atom. The zero-order valence-electron chi connectivity index (χ0n) is 10.2. The van der Waals surface area contributed by atoms with Gasteiger partial charge in [0.25, 0.3) is 5.91 Å². The lowest BCUT2D eigenvalue weighted by Gasteiger charge is -2.22. The van der Waals surface area contributed by atoms with Gasteiger partial charge >= 0.3 is 0 Å². The maximum absolute atomic E-state index is 12.0. The fourth-order valence-electron chi connectivity index (χ4n) is 1.94. The van der Waals surface area contributed by atoms with Gasteiger partial charge in [-0.1, -0.05) is 15.9 Å². The molecule has 0 aliphatic carbocycles. The standard InChI is InChI=1S/C13H16BrNO3/c1-17-11-6-5-9(14)8-10(11)15-13(16)12-4-2-3-7-18-12/h5-6,8,12H,2-4,7H2,1H3,(H,15,16). The summed E-state index contributed by atoms with van der Waals surface area (Å²) in [5.74, 6) is 0.536. The van der Waals surface area contributed by atoms with Crippen molar-refractivity contribution >= 4 is 27.5 Å².